The number of anilines is 1. The Morgan fingerprint density at radius 3 is 2.75 bits per heavy atom. The van der Waals surface area contributed by atoms with Gasteiger partial charge in [0.15, 0.2) is 5.11 Å². The summed E-state index contributed by atoms with van der Waals surface area (Å²) in [6.45, 7) is 0.463. The number of thiocarbonyl (C=S) groups is 1. The fourth-order valence-corrected chi connectivity index (χ4v) is 2.09. The Bertz CT molecular complexity index is 591. The van der Waals surface area contributed by atoms with Crippen LogP contribution in [-0.4, -0.2) is 31.7 Å². The van der Waals surface area contributed by atoms with E-state index in [1.165, 1.54) is 0 Å². The van der Waals surface area contributed by atoms with E-state index in [9.17, 15) is 4.79 Å². The van der Waals surface area contributed by atoms with Crippen molar-refractivity contribution in [2.24, 2.45) is 0 Å². The number of nitrogens with one attached hydrogen (secondary N) is 2. The van der Waals surface area contributed by atoms with Crippen molar-refractivity contribution < 1.29 is 4.79 Å². The van der Waals surface area contributed by atoms with Crippen molar-refractivity contribution in [3.05, 3.63) is 47.6 Å². The number of para-hydroxylation sites is 1. The van der Waals surface area contributed by atoms with E-state index in [1.54, 1.807) is 6.08 Å². The molecule has 0 atom stereocenters. The molecule has 4 nitrogen and oxygen atoms in total. The number of benzene rings is 1. The van der Waals surface area contributed by atoms with Crippen LogP contribution in [0.4, 0.5) is 5.69 Å². The van der Waals surface area contributed by atoms with Crippen LogP contribution in [0.1, 0.15) is 5.56 Å². The van der Waals surface area contributed by atoms with Gasteiger partial charge in [-0.3, -0.25) is 10.1 Å². The highest BCUT2D eigenvalue weighted by molar-refractivity contribution is 7.80. The van der Waals surface area contributed by atoms with Crippen LogP contribution in [-0.2, 0) is 4.79 Å². The third-order valence-electron chi connectivity index (χ3n) is 2.95. The van der Waals surface area contributed by atoms with E-state index in [0.717, 1.165) is 11.3 Å². The highest BCUT2D eigenvalue weighted by Gasteiger charge is 2.15. The van der Waals surface area contributed by atoms with Crippen molar-refractivity contribution in [3.8, 4) is 0 Å². The zero-order valence-electron chi connectivity index (χ0n) is 11.5. The van der Waals surface area contributed by atoms with Gasteiger partial charge in [-0.25, -0.2) is 0 Å². The van der Waals surface area contributed by atoms with Crippen LogP contribution < -0.4 is 15.5 Å². The van der Waals surface area contributed by atoms with Crippen LogP contribution >= 0.6 is 12.2 Å². The molecule has 0 radical (unpaired) electrons. The fraction of sp³-hybridized carbons (Fsp3) is 0.200. The molecular weight excluding hydrogens is 270 g/mol. The molecule has 5 heteroatoms. The first kappa shape index (κ1) is 14.3. The summed E-state index contributed by atoms with van der Waals surface area (Å²) in [5, 5.41) is 5.89. The lowest BCUT2D eigenvalue weighted by molar-refractivity contribution is -0.116. The van der Waals surface area contributed by atoms with Crippen LogP contribution in [0.2, 0.25) is 0 Å². The van der Waals surface area contributed by atoms with Crippen molar-refractivity contribution in [1.82, 2.24) is 10.6 Å². The first-order valence-electron chi connectivity index (χ1n) is 6.30. The second-order valence-electron chi connectivity index (χ2n) is 4.64. The number of allylic oxidation sites excluding steroid dienone is 2. The molecule has 0 aromatic heterocycles. The molecule has 20 heavy (non-hydrogen) atoms. The maximum Gasteiger partial charge on any atom is 0.255 e. The summed E-state index contributed by atoms with van der Waals surface area (Å²) in [5.41, 5.74) is 2.90. The van der Waals surface area contributed by atoms with Crippen LogP contribution in [0.25, 0.3) is 6.08 Å². The lowest BCUT2D eigenvalue weighted by Crippen LogP contribution is -2.47. The standard InChI is InChI=1S/C15H17N3OS/c1-18(2)13-9-4-3-6-11(13)7-5-8-12-10-16-15(20)17-14(12)19/h3-9H,10H2,1-2H3,(H2,16,17,19,20)/b7-5+,12-8+. The molecular formula is C15H17N3OS. The smallest absolute Gasteiger partial charge is 0.255 e. The average molecular weight is 287 g/mol. The molecule has 2 rings (SSSR count). The van der Waals surface area contributed by atoms with Crippen molar-refractivity contribution in [2.75, 3.05) is 25.5 Å². The number of hydrogen-bond acceptors (Lipinski definition) is 3. The summed E-state index contributed by atoms with van der Waals surface area (Å²) in [4.78, 5) is 13.7. The number of rotatable bonds is 3. The van der Waals surface area contributed by atoms with Gasteiger partial charge in [-0.2, -0.15) is 0 Å². The molecule has 1 saturated heterocycles. The Balaban J connectivity index is 2.14. The van der Waals surface area contributed by atoms with Gasteiger partial charge in [-0.05, 0) is 23.8 Å². The molecule has 1 aromatic rings. The quantitative estimate of drug-likeness (QED) is 0.656. The molecule has 1 fully saturated rings. The molecule has 1 heterocycles. The molecule has 1 amide bonds. The van der Waals surface area contributed by atoms with Gasteiger partial charge in [0.25, 0.3) is 5.91 Å². The van der Waals surface area contributed by atoms with Crippen LogP contribution in [0.15, 0.2) is 42.0 Å². The first-order chi connectivity index (χ1) is 9.58. The van der Waals surface area contributed by atoms with E-state index >= 15 is 0 Å². The van der Waals surface area contributed by atoms with E-state index in [4.69, 9.17) is 12.2 Å². The number of carbonyl (C=O) groups excluding carboxylic acids is 1. The summed E-state index contributed by atoms with van der Waals surface area (Å²) in [7, 11) is 4.01. The van der Waals surface area contributed by atoms with Crippen molar-refractivity contribution in [1.29, 1.82) is 0 Å². The molecule has 0 spiro atoms. The van der Waals surface area contributed by atoms with Gasteiger partial charge in [-0.1, -0.05) is 36.4 Å². The van der Waals surface area contributed by atoms with Gasteiger partial charge in [0.1, 0.15) is 0 Å². The highest BCUT2D eigenvalue weighted by atomic mass is 32.1. The molecule has 0 bridgehead atoms. The van der Waals surface area contributed by atoms with E-state index < -0.39 is 0 Å². The second-order valence-corrected chi connectivity index (χ2v) is 5.05. The van der Waals surface area contributed by atoms with Gasteiger partial charge < -0.3 is 10.2 Å². The molecule has 0 aliphatic carbocycles. The third-order valence-corrected chi connectivity index (χ3v) is 3.20. The topological polar surface area (TPSA) is 44.4 Å². The molecule has 104 valence electrons. The van der Waals surface area contributed by atoms with E-state index in [2.05, 4.69) is 21.6 Å². The Morgan fingerprint density at radius 2 is 2.05 bits per heavy atom. The Morgan fingerprint density at radius 1 is 1.30 bits per heavy atom. The Hall–Kier alpha value is -2.14. The molecule has 1 aliphatic heterocycles. The average Bonchev–Trinajstić information content (AvgIpc) is 2.41. The molecule has 0 unspecified atom stereocenters. The lowest BCUT2D eigenvalue weighted by atomic mass is 10.1. The predicted molar refractivity (Wildman–Crippen MR) is 86.6 cm³/mol. The number of amides is 1. The molecule has 1 aromatic carbocycles. The van der Waals surface area contributed by atoms with Crippen LogP contribution in [0, 0.1) is 0 Å². The largest absolute Gasteiger partial charge is 0.377 e. The van der Waals surface area contributed by atoms with Gasteiger partial charge in [0, 0.05) is 31.9 Å². The van der Waals surface area contributed by atoms with Crippen LogP contribution in [0.5, 0.6) is 0 Å². The maximum atomic E-state index is 11.7. The Labute approximate surface area is 124 Å². The number of carbonyl (C=O) groups is 1. The number of nitrogens with zero attached hydrogens (tertiary/aromatic N) is 1. The molecule has 0 saturated carbocycles. The minimum Gasteiger partial charge on any atom is -0.377 e. The van der Waals surface area contributed by atoms with E-state index in [-0.39, 0.29) is 5.91 Å². The highest BCUT2D eigenvalue weighted by Crippen LogP contribution is 2.19. The zero-order chi connectivity index (χ0) is 14.5. The third kappa shape index (κ3) is 3.45. The monoisotopic (exact) mass is 287 g/mol. The van der Waals surface area contributed by atoms with Crippen LogP contribution in [0.3, 0.4) is 0 Å². The van der Waals surface area contributed by atoms with Crippen molar-refractivity contribution in [3.63, 3.8) is 0 Å². The maximum absolute atomic E-state index is 11.7. The SMILES string of the molecule is CN(C)c1ccccc1/C=C/C=C1\CNC(=S)NC1=O. The minimum absolute atomic E-state index is 0.140. The summed E-state index contributed by atoms with van der Waals surface area (Å²) < 4.78 is 0. The van der Waals surface area contributed by atoms with Crippen molar-refractivity contribution in [2.45, 2.75) is 0 Å². The summed E-state index contributed by atoms with van der Waals surface area (Å²) in [6, 6.07) is 8.09. The van der Waals surface area contributed by atoms with Gasteiger partial charge in [0.2, 0.25) is 0 Å². The zero-order valence-corrected chi connectivity index (χ0v) is 12.3. The molecule has 2 N–H and O–H groups in total. The number of hydrogen-bond donors (Lipinski definition) is 2. The first-order valence-corrected chi connectivity index (χ1v) is 6.71. The summed E-state index contributed by atoms with van der Waals surface area (Å²) >= 11 is 4.88. The van der Waals surface area contributed by atoms with E-state index in [0.29, 0.717) is 17.2 Å². The second kappa shape index (κ2) is 6.34. The predicted octanol–water partition coefficient (Wildman–Crippen LogP) is 1.70. The van der Waals surface area contributed by atoms with Crippen molar-refractivity contribution >= 4 is 35.0 Å². The summed E-state index contributed by atoms with van der Waals surface area (Å²) in [5.74, 6) is -0.140. The minimum atomic E-state index is -0.140. The normalized spacial score (nSPS) is 17.2. The Kier molecular flexibility index (Phi) is 4.53. The summed E-state index contributed by atoms with van der Waals surface area (Å²) in [6.07, 6.45) is 5.67. The lowest BCUT2D eigenvalue weighted by Gasteiger charge is -2.17. The van der Waals surface area contributed by atoms with Gasteiger partial charge >= 0.3 is 0 Å². The van der Waals surface area contributed by atoms with E-state index in [1.807, 2.05) is 44.4 Å². The van der Waals surface area contributed by atoms with Gasteiger partial charge in [-0.15, -0.1) is 0 Å². The molecule has 1 aliphatic rings. The fourth-order valence-electron chi connectivity index (χ4n) is 1.92. The van der Waals surface area contributed by atoms with Gasteiger partial charge in [0.05, 0.1) is 0 Å².